The molecule has 1 heterocycles. The van der Waals surface area contributed by atoms with Crippen LogP contribution in [0.25, 0.3) is 0 Å². The lowest BCUT2D eigenvalue weighted by Gasteiger charge is -2.16. The quantitative estimate of drug-likeness (QED) is 0.851. The first-order chi connectivity index (χ1) is 9.85. The van der Waals surface area contributed by atoms with Crippen molar-refractivity contribution in [3.05, 3.63) is 50.1 Å². The Morgan fingerprint density at radius 3 is 2.67 bits per heavy atom. The van der Waals surface area contributed by atoms with Crippen molar-refractivity contribution in [3.63, 3.8) is 0 Å². The number of benzene rings is 1. The molecule has 0 fully saturated rings. The Balaban J connectivity index is 2.28. The average Bonchev–Trinajstić information content (AvgIpc) is 2.86. The summed E-state index contributed by atoms with van der Waals surface area (Å²) in [6.45, 7) is 1.91. The third-order valence-corrected chi connectivity index (χ3v) is 6.20. The van der Waals surface area contributed by atoms with E-state index in [2.05, 4.69) is 4.72 Å². The Morgan fingerprint density at radius 1 is 1.33 bits per heavy atom. The lowest BCUT2D eigenvalue weighted by Crippen LogP contribution is -2.27. The highest BCUT2D eigenvalue weighted by Gasteiger charge is 2.23. The van der Waals surface area contributed by atoms with Crippen LogP contribution in [0, 0.1) is 0 Å². The number of rotatable bonds is 5. The maximum absolute atomic E-state index is 12.4. The minimum Gasteiger partial charge on any atom is -0.326 e. The van der Waals surface area contributed by atoms with Crippen molar-refractivity contribution in [1.29, 1.82) is 0 Å². The number of halogens is 2. The van der Waals surface area contributed by atoms with Crippen molar-refractivity contribution in [3.8, 4) is 0 Å². The van der Waals surface area contributed by atoms with Crippen LogP contribution in [0.1, 0.15) is 23.4 Å². The van der Waals surface area contributed by atoms with Crippen LogP contribution in [-0.2, 0) is 16.6 Å². The second-order valence-corrected chi connectivity index (χ2v) is 7.95. The third kappa shape index (κ3) is 3.77. The van der Waals surface area contributed by atoms with E-state index in [0.29, 0.717) is 20.5 Å². The molecule has 2 aromatic rings. The van der Waals surface area contributed by atoms with Gasteiger partial charge < -0.3 is 5.73 Å². The van der Waals surface area contributed by atoms with E-state index >= 15 is 0 Å². The predicted molar refractivity (Wildman–Crippen MR) is 87.4 cm³/mol. The summed E-state index contributed by atoms with van der Waals surface area (Å²) < 4.78 is 27.4. The molecule has 0 bridgehead atoms. The smallest absolute Gasteiger partial charge is 0.242 e. The van der Waals surface area contributed by atoms with Crippen molar-refractivity contribution in [1.82, 2.24) is 4.72 Å². The second kappa shape index (κ2) is 6.64. The molecule has 0 spiro atoms. The minimum atomic E-state index is -3.65. The van der Waals surface area contributed by atoms with Gasteiger partial charge in [0.2, 0.25) is 10.0 Å². The molecule has 2 rings (SSSR count). The molecule has 0 saturated heterocycles. The lowest BCUT2D eigenvalue weighted by atomic mass is 10.1. The van der Waals surface area contributed by atoms with Gasteiger partial charge in [0, 0.05) is 27.5 Å². The summed E-state index contributed by atoms with van der Waals surface area (Å²) in [5.41, 5.74) is 6.22. The standard InChI is InChI=1S/C13H14Cl2N2O2S2/c1-8(10-3-2-9(14)6-11(10)15)17-21(18,19)13-4-5-20-12(13)7-16/h2-6,8,17H,7,16H2,1H3. The van der Waals surface area contributed by atoms with Crippen molar-refractivity contribution in [2.24, 2.45) is 5.73 Å². The summed E-state index contributed by atoms with van der Waals surface area (Å²) in [5, 5.41) is 2.63. The molecule has 0 saturated carbocycles. The minimum absolute atomic E-state index is 0.185. The first kappa shape index (κ1) is 16.7. The van der Waals surface area contributed by atoms with Crippen LogP contribution in [0.15, 0.2) is 34.5 Å². The topological polar surface area (TPSA) is 72.2 Å². The fourth-order valence-corrected chi connectivity index (χ4v) is 5.06. The largest absolute Gasteiger partial charge is 0.326 e. The molecule has 8 heteroatoms. The number of thiophene rings is 1. The molecule has 3 N–H and O–H groups in total. The molecular weight excluding hydrogens is 351 g/mol. The molecule has 1 atom stereocenters. The van der Waals surface area contributed by atoms with Gasteiger partial charge >= 0.3 is 0 Å². The van der Waals surface area contributed by atoms with Crippen LogP contribution >= 0.6 is 34.5 Å². The SMILES string of the molecule is CC(NS(=O)(=O)c1ccsc1CN)c1ccc(Cl)cc1Cl. The van der Waals surface area contributed by atoms with E-state index in [4.69, 9.17) is 28.9 Å². The Labute approximate surface area is 137 Å². The second-order valence-electron chi connectivity index (χ2n) is 4.42. The fraction of sp³-hybridized carbons (Fsp3) is 0.231. The molecule has 114 valence electrons. The maximum Gasteiger partial charge on any atom is 0.242 e. The molecule has 4 nitrogen and oxygen atoms in total. The van der Waals surface area contributed by atoms with E-state index in [1.807, 2.05) is 0 Å². The van der Waals surface area contributed by atoms with Gasteiger partial charge in [-0.2, -0.15) is 0 Å². The van der Waals surface area contributed by atoms with Crippen LogP contribution in [-0.4, -0.2) is 8.42 Å². The summed E-state index contributed by atoms with van der Waals surface area (Å²) in [6.07, 6.45) is 0. The predicted octanol–water partition coefficient (Wildman–Crippen LogP) is 3.55. The van der Waals surface area contributed by atoms with E-state index in [1.165, 1.54) is 11.3 Å². The molecular formula is C13H14Cl2N2O2S2. The van der Waals surface area contributed by atoms with Gasteiger partial charge in [-0.15, -0.1) is 11.3 Å². The molecule has 1 aromatic carbocycles. The summed E-state index contributed by atoms with van der Waals surface area (Å²) in [7, 11) is -3.65. The molecule has 1 aromatic heterocycles. The van der Waals surface area contributed by atoms with E-state index in [9.17, 15) is 8.42 Å². The van der Waals surface area contributed by atoms with Crippen LogP contribution in [0.2, 0.25) is 10.0 Å². The zero-order chi connectivity index (χ0) is 15.6. The molecule has 0 amide bonds. The van der Waals surface area contributed by atoms with Crippen molar-refractivity contribution in [2.45, 2.75) is 24.4 Å². The van der Waals surface area contributed by atoms with Gasteiger partial charge in [0.05, 0.1) is 4.90 Å². The summed E-state index contributed by atoms with van der Waals surface area (Å²) >= 11 is 13.3. The number of hydrogen-bond donors (Lipinski definition) is 2. The van der Waals surface area contributed by atoms with E-state index in [1.54, 1.807) is 36.6 Å². The van der Waals surface area contributed by atoms with E-state index in [0.717, 1.165) is 0 Å². The normalized spacial score (nSPS) is 13.3. The van der Waals surface area contributed by atoms with Gasteiger partial charge in [-0.25, -0.2) is 13.1 Å². The first-order valence-electron chi connectivity index (χ1n) is 6.09. The maximum atomic E-state index is 12.4. The summed E-state index contributed by atoms with van der Waals surface area (Å²) in [5.74, 6) is 0. The van der Waals surface area contributed by atoms with Crippen molar-refractivity contribution >= 4 is 44.6 Å². The average molecular weight is 365 g/mol. The van der Waals surface area contributed by atoms with Crippen LogP contribution < -0.4 is 10.5 Å². The van der Waals surface area contributed by atoms with Gasteiger partial charge in [-0.3, -0.25) is 0 Å². The van der Waals surface area contributed by atoms with Gasteiger partial charge in [0.15, 0.2) is 0 Å². The first-order valence-corrected chi connectivity index (χ1v) is 9.20. The number of sulfonamides is 1. The highest BCUT2D eigenvalue weighted by atomic mass is 35.5. The summed E-state index contributed by atoms with van der Waals surface area (Å²) in [6, 6.07) is 6.02. The molecule has 0 aliphatic rings. The van der Waals surface area contributed by atoms with Gasteiger partial charge in [-0.1, -0.05) is 29.3 Å². The summed E-state index contributed by atoms with van der Waals surface area (Å²) in [4.78, 5) is 0.837. The van der Waals surface area contributed by atoms with Crippen LogP contribution in [0.3, 0.4) is 0 Å². The fourth-order valence-electron chi connectivity index (χ4n) is 1.93. The zero-order valence-electron chi connectivity index (χ0n) is 11.1. The monoisotopic (exact) mass is 364 g/mol. The molecule has 0 aliphatic carbocycles. The molecule has 0 aliphatic heterocycles. The van der Waals surface area contributed by atoms with Crippen LogP contribution in [0.4, 0.5) is 0 Å². The highest BCUT2D eigenvalue weighted by Crippen LogP contribution is 2.28. The highest BCUT2D eigenvalue weighted by molar-refractivity contribution is 7.89. The molecule has 1 unspecified atom stereocenters. The number of nitrogens with two attached hydrogens (primary N) is 1. The van der Waals surface area contributed by atoms with E-state index < -0.39 is 16.1 Å². The number of hydrogen-bond acceptors (Lipinski definition) is 4. The molecule has 21 heavy (non-hydrogen) atoms. The lowest BCUT2D eigenvalue weighted by molar-refractivity contribution is 0.566. The Bertz CT molecular complexity index is 744. The Morgan fingerprint density at radius 2 is 2.05 bits per heavy atom. The molecule has 0 radical (unpaired) electrons. The van der Waals surface area contributed by atoms with Crippen LogP contribution in [0.5, 0.6) is 0 Å². The van der Waals surface area contributed by atoms with Gasteiger partial charge in [0.1, 0.15) is 0 Å². The van der Waals surface area contributed by atoms with Crippen molar-refractivity contribution < 1.29 is 8.42 Å². The third-order valence-electron chi connectivity index (χ3n) is 2.94. The van der Waals surface area contributed by atoms with Gasteiger partial charge in [-0.05, 0) is 36.1 Å². The van der Waals surface area contributed by atoms with E-state index in [-0.39, 0.29) is 11.4 Å². The number of nitrogens with one attached hydrogen (secondary N) is 1. The Hall–Kier alpha value is -0.630. The van der Waals surface area contributed by atoms with Gasteiger partial charge in [0.25, 0.3) is 0 Å². The Kier molecular flexibility index (Phi) is 5.29. The zero-order valence-corrected chi connectivity index (χ0v) is 14.3. The van der Waals surface area contributed by atoms with Crippen molar-refractivity contribution in [2.75, 3.05) is 0 Å².